The minimum atomic E-state index is -0.105. The van der Waals surface area contributed by atoms with E-state index in [0.29, 0.717) is 16.3 Å². The summed E-state index contributed by atoms with van der Waals surface area (Å²) < 4.78 is 0. The maximum atomic E-state index is 12.1. The minimum Gasteiger partial charge on any atom is -0.411 e. The molecule has 0 aliphatic carbocycles. The summed E-state index contributed by atoms with van der Waals surface area (Å²) in [6, 6.07) is 9.07. The van der Waals surface area contributed by atoms with Crippen LogP contribution in [-0.2, 0) is 0 Å². The average Bonchev–Trinajstić information content (AvgIpc) is 2.79. The molecule has 0 aliphatic rings. The van der Waals surface area contributed by atoms with E-state index < -0.39 is 0 Å². The van der Waals surface area contributed by atoms with Gasteiger partial charge in [-0.2, -0.15) is 0 Å². The van der Waals surface area contributed by atoms with Crippen molar-refractivity contribution in [3.63, 3.8) is 0 Å². The number of oxime groups is 1. The molecule has 20 heavy (non-hydrogen) atoms. The fraction of sp³-hybridized carbons (Fsp3) is 0.200. The van der Waals surface area contributed by atoms with E-state index in [4.69, 9.17) is 5.21 Å². The zero-order valence-electron chi connectivity index (χ0n) is 11.6. The third-order valence-corrected chi connectivity index (χ3v) is 4.25. The van der Waals surface area contributed by atoms with E-state index >= 15 is 0 Å². The molecule has 2 rings (SSSR count). The lowest BCUT2D eigenvalue weighted by atomic mass is 10.1. The Morgan fingerprint density at radius 3 is 2.40 bits per heavy atom. The van der Waals surface area contributed by atoms with E-state index in [-0.39, 0.29) is 5.91 Å². The lowest BCUT2D eigenvalue weighted by molar-refractivity contribution is 0.103. The van der Waals surface area contributed by atoms with Crippen molar-refractivity contribution in [3.05, 3.63) is 51.2 Å². The Labute approximate surface area is 121 Å². The van der Waals surface area contributed by atoms with E-state index in [1.165, 1.54) is 11.3 Å². The van der Waals surface area contributed by atoms with Gasteiger partial charge in [-0.1, -0.05) is 17.3 Å². The van der Waals surface area contributed by atoms with Gasteiger partial charge in [0.1, 0.15) is 0 Å². The topological polar surface area (TPSA) is 61.7 Å². The Bertz CT molecular complexity index is 638. The summed E-state index contributed by atoms with van der Waals surface area (Å²) in [7, 11) is 0. The number of nitrogens with zero attached hydrogens (tertiary/aromatic N) is 1. The molecule has 0 fully saturated rings. The lowest BCUT2D eigenvalue weighted by Crippen LogP contribution is -2.10. The molecule has 0 bridgehead atoms. The average molecular weight is 288 g/mol. The molecule has 1 aromatic carbocycles. The molecule has 0 atom stereocenters. The molecule has 4 nitrogen and oxygen atoms in total. The van der Waals surface area contributed by atoms with Crippen LogP contribution in [0.15, 0.2) is 35.5 Å². The molecular weight excluding hydrogens is 272 g/mol. The Balaban J connectivity index is 2.12. The van der Waals surface area contributed by atoms with Crippen molar-refractivity contribution in [2.75, 3.05) is 5.32 Å². The largest absolute Gasteiger partial charge is 0.411 e. The van der Waals surface area contributed by atoms with Gasteiger partial charge in [-0.3, -0.25) is 4.79 Å². The van der Waals surface area contributed by atoms with Crippen molar-refractivity contribution in [1.29, 1.82) is 0 Å². The van der Waals surface area contributed by atoms with Crippen molar-refractivity contribution in [2.24, 2.45) is 5.16 Å². The number of rotatable bonds is 3. The molecule has 0 saturated heterocycles. The second-order valence-electron chi connectivity index (χ2n) is 4.57. The number of carbonyl (C=O) groups is 1. The first-order valence-corrected chi connectivity index (χ1v) is 7.00. The lowest BCUT2D eigenvalue weighted by Gasteiger charge is -2.04. The summed E-state index contributed by atoms with van der Waals surface area (Å²) >= 11 is 1.49. The Morgan fingerprint density at radius 1 is 1.25 bits per heavy atom. The smallest absolute Gasteiger partial charge is 0.265 e. The highest BCUT2D eigenvalue weighted by Crippen LogP contribution is 2.22. The fourth-order valence-electron chi connectivity index (χ4n) is 1.73. The fourth-order valence-corrected chi connectivity index (χ4v) is 2.66. The van der Waals surface area contributed by atoms with Crippen LogP contribution in [0.2, 0.25) is 0 Å². The molecular formula is C15H16N2O2S. The van der Waals surface area contributed by atoms with Crippen molar-refractivity contribution >= 4 is 28.6 Å². The summed E-state index contributed by atoms with van der Waals surface area (Å²) in [6.45, 7) is 5.71. The van der Waals surface area contributed by atoms with Crippen LogP contribution in [0, 0.1) is 13.8 Å². The molecule has 1 amide bonds. The highest BCUT2D eigenvalue weighted by atomic mass is 32.1. The van der Waals surface area contributed by atoms with E-state index in [0.717, 1.165) is 16.0 Å². The van der Waals surface area contributed by atoms with Crippen LogP contribution in [0.4, 0.5) is 5.69 Å². The molecule has 0 spiro atoms. The van der Waals surface area contributed by atoms with Gasteiger partial charge in [-0.05, 0) is 50.1 Å². The van der Waals surface area contributed by atoms with Gasteiger partial charge in [0, 0.05) is 10.6 Å². The second-order valence-corrected chi connectivity index (χ2v) is 5.82. The van der Waals surface area contributed by atoms with Crippen LogP contribution in [0.5, 0.6) is 0 Å². The predicted molar refractivity (Wildman–Crippen MR) is 82.2 cm³/mol. The third kappa shape index (κ3) is 3.05. The molecule has 1 aromatic heterocycles. The van der Waals surface area contributed by atoms with Gasteiger partial charge < -0.3 is 10.5 Å². The van der Waals surface area contributed by atoms with Gasteiger partial charge in [0.2, 0.25) is 0 Å². The van der Waals surface area contributed by atoms with Gasteiger partial charge in [-0.15, -0.1) is 11.3 Å². The summed E-state index contributed by atoms with van der Waals surface area (Å²) in [5.41, 5.74) is 3.19. The Hall–Kier alpha value is -2.14. The number of aryl methyl sites for hydroxylation is 2. The summed E-state index contributed by atoms with van der Waals surface area (Å²) in [5.74, 6) is -0.105. The third-order valence-electron chi connectivity index (χ3n) is 3.10. The molecule has 2 aromatic rings. The zero-order valence-corrected chi connectivity index (χ0v) is 12.4. The van der Waals surface area contributed by atoms with Gasteiger partial charge in [-0.25, -0.2) is 0 Å². The number of anilines is 1. The summed E-state index contributed by atoms with van der Waals surface area (Å²) in [5, 5.41) is 14.7. The highest BCUT2D eigenvalue weighted by Gasteiger charge is 2.10. The number of nitrogens with one attached hydrogen (secondary N) is 1. The van der Waals surface area contributed by atoms with Gasteiger partial charge >= 0.3 is 0 Å². The van der Waals surface area contributed by atoms with Crippen LogP contribution < -0.4 is 5.32 Å². The van der Waals surface area contributed by atoms with Crippen molar-refractivity contribution in [2.45, 2.75) is 20.8 Å². The van der Waals surface area contributed by atoms with Gasteiger partial charge in [0.05, 0.1) is 10.6 Å². The van der Waals surface area contributed by atoms with Crippen molar-refractivity contribution < 1.29 is 10.0 Å². The zero-order chi connectivity index (χ0) is 14.7. The van der Waals surface area contributed by atoms with Crippen molar-refractivity contribution in [3.8, 4) is 0 Å². The Kier molecular flexibility index (Phi) is 4.20. The Morgan fingerprint density at radius 2 is 1.90 bits per heavy atom. The quantitative estimate of drug-likeness (QED) is 0.512. The number of benzene rings is 1. The molecule has 1 heterocycles. The minimum absolute atomic E-state index is 0.105. The van der Waals surface area contributed by atoms with Gasteiger partial charge in [0.25, 0.3) is 5.91 Å². The predicted octanol–water partition coefficient (Wildman–Crippen LogP) is 3.82. The van der Waals surface area contributed by atoms with Crippen LogP contribution >= 0.6 is 11.3 Å². The SMILES string of the molecule is CC(=NO)c1ccc(NC(=O)c2cc(C)c(C)s2)cc1. The number of hydrogen-bond acceptors (Lipinski definition) is 4. The number of amides is 1. The maximum absolute atomic E-state index is 12.1. The molecule has 0 unspecified atom stereocenters. The molecule has 104 valence electrons. The molecule has 2 N–H and O–H groups in total. The van der Waals surface area contributed by atoms with Crippen LogP contribution in [0.1, 0.15) is 32.6 Å². The van der Waals surface area contributed by atoms with Crippen LogP contribution in [0.3, 0.4) is 0 Å². The first-order valence-electron chi connectivity index (χ1n) is 6.18. The van der Waals surface area contributed by atoms with Gasteiger partial charge in [0.15, 0.2) is 0 Å². The molecule has 0 aliphatic heterocycles. The van der Waals surface area contributed by atoms with E-state index in [2.05, 4.69) is 10.5 Å². The second kappa shape index (κ2) is 5.88. The first-order chi connectivity index (χ1) is 9.51. The summed E-state index contributed by atoms with van der Waals surface area (Å²) in [6.07, 6.45) is 0. The molecule has 5 heteroatoms. The number of carbonyl (C=O) groups excluding carboxylic acids is 1. The van der Waals surface area contributed by atoms with E-state index in [1.54, 1.807) is 31.2 Å². The van der Waals surface area contributed by atoms with Crippen LogP contribution in [-0.4, -0.2) is 16.8 Å². The highest BCUT2D eigenvalue weighted by molar-refractivity contribution is 7.14. The van der Waals surface area contributed by atoms with E-state index in [1.807, 2.05) is 19.9 Å². The standard InChI is InChI=1S/C15H16N2O2S/c1-9-8-14(20-11(9)3)15(18)16-13-6-4-12(5-7-13)10(2)17-19/h4-8,19H,1-3H3,(H,16,18). The number of thiophene rings is 1. The maximum Gasteiger partial charge on any atom is 0.265 e. The molecule has 0 radical (unpaired) electrons. The molecule has 0 saturated carbocycles. The first kappa shape index (κ1) is 14.3. The monoisotopic (exact) mass is 288 g/mol. The van der Waals surface area contributed by atoms with E-state index in [9.17, 15) is 4.79 Å². The van der Waals surface area contributed by atoms with Crippen molar-refractivity contribution in [1.82, 2.24) is 0 Å². The number of hydrogen-bond donors (Lipinski definition) is 2. The van der Waals surface area contributed by atoms with Crippen LogP contribution in [0.25, 0.3) is 0 Å². The summed E-state index contributed by atoms with van der Waals surface area (Å²) in [4.78, 5) is 13.9. The normalized spacial score (nSPS) is 11.4.